The molecule has 33 heavy (non-hydrogen) atoms. The number of pyridine rings is 1. The van der Waals surface area contributed by atoms with Crippen molar-refractivity contribution in [1.82, 2.24) is 25.3 Å². The molecule has 2 aliphatic rings. The third-order valence-corrected chi connectivity index (χ3v) is 5.40. The molecule has 2 fully saturated rings. The van der Waals surface area contributed by atoms with E-state index in [0.717, 1.165) is 18.9 Å². The monoisotopic (exact) mass is 475 g/mol. The SMILES string of the molecule is Cc1nc(C(C)(CN2CC(F)(F)C2)NC(=O)c2cc(OCC(F)(F)F)c(C3CC3)cn2)no1. The van der Waals surface area contributed by atoms with Crippen molar-refractivity contribution in [3.05, 3.63) is 35.2 Å². The van der Waals surface area contributed by atoms with Crippen molar-refractivity contribution in [2.24, 2.45) is 0 Å². The Hall–Kier alpha value is -2.83. The molecule has 0 aromatic carbocycles. The van der Waals surface area contributed by atoms with Crippen LogP contribution in [-0.4, -0.2) is 64.3 Å². The second-order valence-corrected chi connectivity index (χ2v) is 8.71. The Balaban J connectivity index is 1.56. The maximum absolute atomic E-state index is 13.3. The zero-order valence-electron chi connectivity index (χ0n) is 17.9. The number of hydrogen-bond donors (Lipinski definition) is 1. The van der Waals surface area contributed by atoms with Crippen LogP contribution in [-0.2, 0) is 5.54 Å². The molecule has 8 nitrogen and oxygen atoms in total. The highest BCUT2D eigenvalue weighted by Gasteiger charge is 2.48. The zero-order valence-corrected chi connectivity index (χ0v) is 17.9. The average Bonchev–Trinajstić information content (AvgIpc) is 3.43. The Morgan fingerprint density at radius 2 is 2.03 bits per heavy atom. The number of nitrogens with zero attached hydrogens (tertiary/aromatic N) is 4. The summed E-state index contributed by atoms with van der Waals surface area (Å²) in [4.78, 5) is 22.6. The van der Waals surface area contributed by atoms with E-state index < -0.39 is 43.2 Å². The first kappa shape index (κ1) is 23.3. The topological polar surface area (TPSA) is 93.4 Å². The number of amides is 1. The van der Waals surface area contributed by atoms with Crippen LogP contribution in [0.3, 0.4) is 0 Å². The molecule has 1 amide bonds. The van der Waals surface area contributed by atoms with Gasteiger partial charge in [-0.3, -0.25) is 14.7 Å². The lowest BCUT2D eigenvalue weighted by molar-refractivity contribution is -0.153. The number of carbonyl (C=O) groups excluding carboxylic acids is 1. The minimum absolute atomic E-state index is 0.0368. The summed E-state index contributed by atoms with van der Waals surface area (Å²) in [6.07, 6.45) is -1.61. The lowest BCUT2D eigenvalue weighted by atomic mass is 9.97. The predicted octanol–water partition coefficient (Wildman–Crippen LogP) is 3.19. The highest BCUT2D eigenvalue weighted by molar-refractivity contribution is 5.93. The van der Waals surface area contributed by atoms with Crippen molar-refractivity contribution >= 4 is 5.91 Å². The van der Waals surface area contributed by atoms with Gasteiger partial charge in [0.15, 0.2) is 12.4 Å². The van der Waals surface area contributed by atoms with Crippen molar-refractivity contribution in [2.75, 3.05) is 26.2 Å². The lowest BCUT2D eigenvalue weighted by Crippen LogP contribution is -2.62. The van der Waals surface area contributed by atoms with E-state index in [1.165, 1.54) is 11.1 Å². The number of ether oxygens (including phenoxy) is 1. The number of halogens is 5. The van der Waals surface area contributed by atoms with Crippen LogP contribution in [0.1, 0.15) is 53.5 Å². The maximum Gasteiger partial charge on any atom is 0.422 e. The van der Waals surface area contributed by atoms with Crippen molar-refractivity contribution < 1.29 is 36.0 Å². The first-order chi connectivity index (χ1) is 15.3. The Morgan fingerprint density at radius 1 is 1.33 bits per heavy atom. The number of alkyl halides is 5. The van der Waals surface area contributed by atoms with E-state index in [0.29, 0.717) is 5.56 Å². The Labute approximate surface area is 185 Å². The normalized spacial score (nSPS) is 20.1. The molecule has 13 heteroatoms. The minimum atomic E-state index is -4.54. The van der Waals surface area contributed by atoms with Gasteiger partial charge >= 0.3 is 6.18 Å². The Bertz CT molecular complexity index is 1030. The van der Waals surface area contributed by atoms with Crippen molar-refractivity contribution in [3.63, 3.8) is 0 Å². The summed E-state index contributed by atoms with van der Waals surface area (Å²) in [5.74, 6) is -3.29. The van der Waals surface area contributed by atoms with E-state index in [2.05, 4.69) is 20.4 Å². The van der Waals surface area contributed by atoms with Crippen LogP contribution in [0.25, 0.3) is 0 Å². The quantitative estimate of drug-likeness (QED) is 0.586. The third kappa shape index (κ3) is 5.57. The number of aromatic nitrogens is 3. The Kier molecular flexibility index (Phi) is 5.79. The molecule has 180 valence electrons. The molecule has 2 aromatic rings. The average molecular weight is 475 g/mol. The summed E-state index contributed by atoms with van der Waals surface area (Å²) in [6.45, 7) is 0.577. The fourth-order valence-corrected chi connectivity index (χ4v) is 3.73. The van der Waals surface area contributed by atoms with Gasteiger partial charge in [-0.2, -0.15) is 18.2 Å². The molecule has 0 spiro atoms. The standard InChI is InChI=1S/C20H22F5N5O3/c1-11-27-17(29-33-11)18(2,7-30-8-19(21,22)9-30)28-16(31)14-5-15(32-10-20(23,24)25)13(6-26-14)12-3-4-12/h5-6,12H,3-4,7-10H2,1-2H3,(H,28,31). The number of aryl methyl sites for hydroxylation is 1. The molecule has 4 rings (SSSR count). The van der Waals surface area contributed by atoms with E-state index in [9.17, 15) is 26.7 Å². The first-order valence-electron chi connectivity index (χ1n) is 10.3. The van der Waals surface area contributed by atoms with E-state index in [4.69, 9.17) is 9.26 Å². The van der Waals surface area contributed by atoms with Crippen LogP contribution in [0, 0.1) is 6.92 Å². The van der Waals surface area contributed by atoms with E-state index in [-0.39, 0.29) is 35.6 Å². The number of likely N-dealkylation sites (tertiary alicyclic amines) is 1. The van der Waals surface area contributed by atoms with Gasteiger partial charge in [-0.1, -0.05) is 5.16 Å². The molecular formula is C20H22F5N5O3. The van der Waals surface area contributed by atoms with Gasteiger partial charge in [-0.25, -0.2) is 8.78 Å². The van der Waals surface area contributed by atoms with Crippen LogP contribution in [0.2, 0.25) is 0 Å². The maximum atomic E-state index is 13.3. The summed E-state index contributed by atoms with van der Waals surface area (Å²) in [7, 11) is 0. The van der Waals surface area contributed by atoms with Crippen LogP contribution in [0.15, 0.2) is 16.8 Å². The number of rotatable bonds is 8. The molecule has 1 atom stereocenters. The molecule has 3 heterocycles. The van der Waals surface area contributed by atoms with Gasteiger partial charge in [-0.05, 0) is 25.7 Å². The van der Waals surface area contributed by atoms with Gasteiger partial charge < -0.3 is 14.6 Å². The van der Waals surface area contributed by atoms with Gasteiger partial charge in [-0.15, -0.1) is 0 Å². The summed E-state index contributed by atoms with van der Waals surface area (Å²) in [6, 6.07) is 1.16. The molecule has 1 aliphatic heterocycles. The first-order valence-corrected chi connectivity index (χ1v) is 10.3. The Morgan fingerprint density at radius 3 is 2.58 bits per heavy atom. The van der Waals surface area contributed by atoms with Crippen molar-refractivity contribution in [3.8, 4) is 5.75 Å². The molecular weight excluding hydrogens is 453 g/mol. The highest BCUT2D eigenvalue weighted by Crippen LogP contribution is 2.44. The van der Waals surface area contributed by atoms with E-state index >= 15 is 0 Å². The molecule has 1 aliphatic carbocycles. The fourth-order valence-electron chi connectivity index (χ4n) is 3.73. The van der Waals surface area contributed by atoms with Crippen LogP contribution in [0.4, 0.5) is 22.0 Å². The second kappa shape index (κ2) is 8.19. The summed E-state index contributed by atoms with van der Waals surface area (Å²) < 4.78 is 74.6. The predicted molar refractivity (Wildman–Crippen MR) is 103 cm³/mol. The molecule has 1 unspecified atom stereocenters. The smallest absolute Gasteiger partial charge is 0.422 e. The molecule has 1 saturated carbocycles. The van der Waals surface area contributed by atoms with Gasteiger partial charge in [0, 0.05) is 31.3 Å². The van der Waals surface area contributed by atoms with Crippen LogP contribution in [0.5, 0.6) is 5.75 Å². The fraction of sp³-hybridized carbons (Fsp3) is 0.600. The van der Waals surface area contributed by atoms with Crippen LogP contribution < -0.4 is 10.1 Å². The molecule has 0 radical (unpaired) electrons. The molecule has 1 N–H and O–H groups in total. The van der Waals surface area contributed by atoms with Gasteiger partial charge in [0.25, 0.3) is 11.8 Å². The number of carbonyl (C=O) groups is 1. The van der Waals surface area contributed by atoms with Crippen molar-refractivity contribution in [1.29, 1.82) is 0 Å². The van der Waals surface area contributed by atoms with Crippen molar-refractivity contribution in [2.45, 2.75) is 50.2 Å². The van der Waals surface area contributed by atoms with Gasteiger partial charge in [0.05, 0.1) is 13.1 Å². The molecule has 1 saturated heterocycles. The summed E-state index contributed by atoms with van der Waals surface area (Å²) in [5, 5.41) is 6.50. The molecule has 2 aromatic heterocycles. The zero-order chi connectivity index (χ0) is 24.0. The van der Waals surface area contributed by atoms with Crippen LogP contribution >= 0.6 is 0 Å². The van der Waals surface area contributed by atoms with Gasteiger partial charge in [0.2, 0.25) is 5.89 Å². The largest absolute Gasteiger partial charge is 0.484 e. The number of nitrogens with one attached hydrogen (secondary N) is 1. The van der Waals surface area contributed by atoms with Gasteiger partial charge in [0.1, 0.15) is 17.0 Å². The lowest BCUT2D eigenvalue weighted by Gasteiger charge is -2.43. The van der Waals surface area contributed by atoms with E-state index in [1.54, 1.807) is 13.8 Å². The minimum Gasteiger partial charge on any atom is -0.484 e. The number of hydrogen-bond acceptors (Lipinski definition) is 7. The molecule has 0 bridgehead atoms. The summed E-state index contributed by atoms with van der Waals surface area (Å²) >= 11 is 0. The highest BCUT2D eigenvalue weighted by atomic mass is 19.4. The summed E-state index contributed by atoms with van der Waals surface area (Å²) in [5.41, 5.74) is -0.998. The third-order valence-electron chi connectivity index (χ3n) is 5.40. The van der Waals surface area contributed by atoms with E-state index in [1.807, 2.05) is 0 Å². The second-order valence-electron chi connectivity index (χ2n) is 8.71.